The fourth-order valence-electron chi connectivity index (χ4n) is 4.33. The number of aromatic hydroxyl groups is 1. The molecule has 0 aliphatic carbocycles. The van der Waals surface area contributed by atoms with Crippen molar-refractivity contribution in [2.24, 2.45) is 0 Å². The van der Waals surface area contributed by atoms with Crippen LogP contribution in [0.4, 0.5) is 0 Å². The highest BCUT2D eigenvalue weighted by molar-refractivity contribution is 5.78. The quantitative estimate of drug-likeness (QED) is 0.356. The maximum Gasteiger partial charge on any atom is 0.122 e. The van der Waals surface area contributed by atoms with E-state index in [2.05, 4.69) is 94.4 Å². The largest absolute Gasteiger partial charge is 0.507 e. The van der Waals surface area contributed by atoms with Crippen molar-refractivity contribution in [2.45, 2.75) is 51.9 Å². The van der Waals surface area contributed by atoms with Crippen LogP contribution in [0, 0.1) is 0 Å². The van der Waals surface area contributed by atoms with Gasteiger partial charge in [0.15, 0.2) is 0 Å². The molecule has 1 heterocycles. The molecule has 0 aliphatic heterocycles. The first-order chi connectivity index (χ1) is 14.9. The summed E-state index contributed by atoms with van der Waals surface area (Å²) in [6.45, 7) is 8.58. The topological polar surface area (TPSA) is 33.1 Å². The monoisotopic (exact) mass is 409 g/mol. The third kappa shape index (κ3) is 4.49. The van der Waals surface area contributed by atoms with Crippen LogP contribution in [0.5, 0.6) is 5.75 Å². The van der Waals surface area contributed by atoms with Gasteiger partial charge in [-0.25, -0.2) is 0 Å². The van der Waals surface area contributed by atoms with Gasteiger partial charge in [0.25, 0.3) is 0 Å². The van der Waals surface area contributed by atoms with E-state index in [0.29, 0.717) is 5.75 Å². The van der Waals surface area contributed by atoms with Crippen molar-refractivity contribution in [3.63, 3.8) is 0 Å². The van der Waals surface area contributed by atoms with E-state index in [-0.39, 0.29) is 17.8 Å². The molecule has 4 rings (SSSR count). The molecule has 0 bridgehead atoms. The van der Waals surface area contributed by atoms with E-state index in [1.54, 1.807) is 0 Å². The minimum Gasteiger partial charge on any atom is -0.507 e. The lowest BCUT2D eigenvalue weighted by Gasteiger charge is -2.23. The van der Waals surface area contributed by atoms with Gasteiger partial charge >= 0.3 is 0 Å². The summed E-state index contributed by atoms with van der Waals surface area (Å²) in [5, 5.41) is 12.1. The Hall–Kier alpha value is -3.13. The van der Waals surface area contributed by atoms with Crippen LogP contribution in [-0.4, -0.2) is 10.1 Å². The fraction of sp³-hybridized carbons (Fsp3) is 0.276. The van der Waals surface area contributed by atoms with Crippen LogP contribution >= 0.6 is 0 Å². The molecule has 0 saturated heterocycles. The number of para-hydroxylation sites is 1. The van der Waals surface area contributed by atoms with Gasteiger partial charge in [0.05, 0.1) is 5.52 Å². The molecule has 1 N–H and O–H groups in total. The standard InChI is InChI=1S/C29H31NO/c1-19(2)25-16-23(17-26(20(3)4)29(25)31)27(21-10-6-5-7-11-21)18-24-15-14-22-12-8-9-13-28(22)30-24/h5-17,19-20,27,31H,18H2,1-4H3. The predicted molar refractivity (Wildman–Crippen MR) is 130 cm³/mol. The highest BCUT2D eigenvalue weighted by atomic mass is 16.3. The molecule has 1 atom stereocenters. The van der Waals surface area contributed by atoms with Crippen LogP contribution in [0.25, 0.3) is 10.9 Å². The Balaban J connectivity index is 1.84. The molecule has 1 aromatic heterocycles. The second-order valence-electron chi connectivity index (χ2n) is 9.02. The number of pyridine rings is 1. The van der Waals surface area contributed by atoms with Crippen molar-refractivity contribution in [3.8, 4) is 5.75 Å². The second kappa shape index (κ2) is 8.93. The summed E-state index contributed by atoms with van der Waals surface area (Å²) < 4.78 is 0. The lowest BCUT2D eigenvalue weighted by atomic mass is 9.82. The molecule has 0 amide bonds. The number of hydrogen-bond donors (Lipinski definition) is 1. The van der Waals surface area contributed by atoms with Crippen molar-refractivity contribution in [3.05, 3.63) is 107 Å². The molecule has 0 fully saturated rings. The molecule has 3 aromatic carbocycles. The van der Waals surface area contributed by atoms with Crippen LogP contribution in [0.15, 0.2) is 78.9 Å². The van der Waals surface area contributed by atoms with Gasteiger partial charge in [0.2, 0.25) is 0 Å². The molecule has 2 nitrogen and oxygen atoms in total. The summed E-state index contributed by atoms with van der Waals surface area (Å²) in [4.78, 5) is 4.95. The average molecular weight is 410 g/mol. The number of aromatic nitrogens is 1. The first kappa shape index (κ1) is 21.1. The third-order valence-electron chi connectivity index (χ3n) is 6.11. The minimum absolute atomic E-state index is 0.172. The molecule has 2 heteroatoms. The Kier molecular flexibility index (Phi) is 6.08. The SMILES string of the molecule is CC(C)c1cc(C(Cc2ccc3ccccc3n2)c2ccccc2)cc(C(C)C)c1O. The maximum atomic E-state index is 10.9. The normalized spacial score (nSPS) is 12.6. The number of nitrogens with zero attached hydrogens (tertiary/aromatic N) is 1. The predicted octanol–water partition coefficient (Wildman–Crippen LogP) is 7.56. The van der Waals surface area contributed by atoms with E-state index in [1.165, 1.54) is 11.1 Å². The van der Waals surface area contributed by atoms with Crippen LogP contribution in [-0.2, 0) is 6.42 Å². The first-order valence-corrected chi connectivity index (χ1v) is 11.2. The van der Waals surface area contributed by atoms with Crippen molar-refractivity contribution < 1.29 is 5.11 Å². The second-order valence-corrected chi connectivity index (χ2v) is 9.02. The summed E-state index contributed by atoms with van der Waals surface area (Å²) in [5.41, 5.74) is 6.67. The van der Waals surface area contributed by atoms with Gasteiger partial charge in [-0.15, -0.1) is 0 Å². The van der Waals surface area contributed by atoms with E-state index in [4.69, 9.17) is 4.98 Å². The molecule has 0 aliphatic rings. The average Bonchev–Trinajstić information content (AvgIpc) is 2.78. The number of phenolic OH excluding ortho intramolecular Hbond substituents is 1. The van der Waals surface area contributed by atoms with Crippen molar-refractivity contribution in [1.82, 2.24) is 4.98 Å². The first-order valence-electron chi connectivity index (χ1n) is 11.2. The highest BCUT2D eigenvalue weighted by Crippen LogP contribution is 2.39. The smallest absolute Gasteiger partial charge is 0.122 e. The molecule has 0 saturated carbocycles. The van der Waals surface area contributed by atoms with Gasteiger partial charge in [-0.2, -0.15) is 0 Å². The van der Waals surface area contributed by atoms with Crippen LogP contribution in [0.3, 0.4) is 0 Å². The minimum atomic E-state index is 0.172. The molecule has 158 valence electrons. The van der Waals surface area contributed by atoms with Crippen LogP contribution < -0.4 is 0 Å². The maximum absolute atomic E-state index is 10.9. The molecule has 31 heavy (non-hydrogen) atoms. The van der Waals surface area contributed by atoms with Gasteiger partial charge in [-0.05, 0) is 46.2 Å². The third-order valence-corrected chi connectivity index (χ3v) is 6.11. The van der Waals surface area contributed by atoms with Crippen LogP contribution in [0.1, 0.15) is 73.4 Å². The summed E-state index contributed by atoms with van der Waals surface area (Å²) in [6.07, 6.45) is 0.814. The van der Waals surface area contributed by atoms with Gasteiger partial charge in [-0.1, -0.05) is 94.4 Å². The van der Waals surface area contributed by atoms with E-state index < -0.39 is 0 Å². The van der Waals surface area contributed by atoms with Gasteiger partial charge < -0.3 is 5.11 Å². The highest BCUT2D eigenvalue weighted by Gasteiger charge is 2.21. The zero-order valence-corrected chi connectivity index (χ0v) is 18.8. The van der Waals surface area contributed by atoms with Gasteiger partial charge in [0.1, 0.15) is 5.75 Å². The van der Waals surface area contributed by atoms with Crippen molar-refractivity contribution >= 4 is 10.9 Å². The van der Waals surface area contributed by atoms with E-state index >= 15 is 0 Å². The van der Waals surface area contributed by atoms with E-state index in [1.807, 2.05) is 12.1 Å². The summed E-state index contributed by atoms with van der Waals surface area (Å²) >= 11 is 0. The molecule has 0 spiro atoms. The summed E-state index contributed by atoms with van der Waals surface area (Å²) in [6, 6.07) is 27.6. The number of fused-ring (bicyclic) bond motifs is 1. The summed E-state index contributed by atoms with van der Waals surface area (Å²) in [5.74, 6) is 1.13. The molecule has 1 unspecified atom stereocenters. The molecule has 4 aromatic rings. The fourth-order valence-corrected chi connectivity index (χ4v) is 4.33. The number of hydrogen-bond acceptors (Lipinski definition) is 2. The molecular formula is C29H31NO. The number of benzene rings is 3. The Morgan fingerprint density at radius 3 is 1.97 bits per heavy atom. The van der Waals surface area contributed by atoms with Crippen molar-refractivity contribution in [1.29, 1.82) is 0 Å². The Labute approximate surface area is 185 Å². The van der Waals surface area contributed by atoms with E-state index in [0.717, 1.165) is 34.1 Å². The van der Waals surface area contributed by atoms with Crippen LogP contribution in [0.2, 0.25) is 0 Å². The Morgan fingerprint density at radius 2 is 1.32 bits per heavy atom. The Bertz CT molecular complexity index is 1150. The molecule has 0 radical (unpaired) electrons. The number of rotatable bonds is 6. The number of phenols is 1. The lowest BCUT2D eigenvalue weighted by Crippen LogP contribution is -2.09. The van der Waals surface area contributed by atoms with E-state index in [9.17, 15) is 5.11 Å². The van der Waals surface area contributed by atoms with Crippen molar-refractivity contribution in [2.75, 3.05) is 0 Å². The summed E-state index contributed by atoms with van der Waals surface area (Å²) in [7, 11) is 0. The Morgan fingerprint density at radius 1 is 0.710 bits per heavy atom. The lowest BCUT2D eigenvalue weighted by molar-refractivity contribution is 0.454. The molecular weight excluding hydrogens is 378 g/mol. The van der Waals surface area contributed by atoms with Gasteiger partial charge in [0, 0.05) is 23.4 Å². The zero-order chi connectivity index (χ0) is 22.0. The van der Waals surface area contributed by atoms with Gasteiger partial charge in [-0.3, -0.25) is 4.98 Å². The zero-order valence-electron chi connectivity index (χ0n) is 18.8.